The molecule has 0 aliphatic rings. The first-order chi connectivity index (χ1) is 8.61. The molecule has 0 heterocycles. The molecule has 18 heavy (non-hydrogen) atoms. The van der Waals surface area contributed by atoms with E-state index in [1.807, 2.05) is 0 Å². The molecule has 0 aliphatic heterocycles. The number of para-hydroxylation sites is 1. The van der Waals surface area contributed by atoms with Crippen LogP contribution >= 0.6 is 39.1 Å². The van der Waals surface area contributed by atoms with Gasteiger partial charge in [-0.1, -0.05) is 39.7 Å². The van der Waals surface area contributed by atoms with Crippen LogP contribution < -0.4 is 4.74 Å². The van der Waals surface area contributed by atoms with Crippen molar-refractivity contribution in [3.8, 4) is 11.5 Å². The van der Waals surface area contributed by atoms with Crippen LogP contribution in [0.2, 0.25) is 5.02 Å². The molecular weight excluding hydrogens is 342 g/mol. The second-order valence-electron chi connectivity index (χ2n) is 3.54. The SMILES string of the molecule is Fc1cccc(CCl)c1Oc1cc(Br)ccc1Cl. The van der Waals surface area contributed by atoms with Crippen molar-refractivity contribution in [2.24, 2.45) is 0 Å². The van der Waals surface area contributed by atoms with E-state index in [1.54, 1.807) is 30.3 Å². The van der Waals surface area contributed by atoms with Gasteiger partial charge in [0.05, 0.1) is 10.9 Å². The monoisotopic (exact) mass is 348 g/mol. The van der Waals surface area contributed by atoms with E-state index in [2.05, 4.69) is 15.9 Å². The van der Waals surface area contributed by atoms with Gasteiger partial charge in [0.1, 0.15) is 5.75 Å². The minimum Gasteiger partial charge on any atom is -0.452 e. The van der Waals surface area contributed by atoms with Crippen molar-refractivity contribution < 1.29 is 9.13 Å². The Morgan fingerprint density at radius 2 is 2.00 bits per heavy atom. The van der Waals surface area contributed by atoms with Gasteiger partial charge in [-0.05, 0) is 24.3 Å². The van der Waals surface area contributed by atoms with Gasteiger partial charge >= 0.3 is 0 Å². The second kappa shape index (κ2) is 5.91. The van der Waals surface area contributed by atoms with E-state index in [-0.39, 0.29) is 11.6 Å². The first kappa shape index (κ1) is 13.7. The Bertz CT molecular complexity index is 575. The fraction of sp³-hybridized carbons (Fsp3) is 0.0769. The van der Waals surface area contributed by atoms with Crippen LogP contribution in [-0.4, -0.2) is 0 Å². The lowest BCUT2D eigenvalue weighted by atomic mass is 10.2. The second-order valence-corrected chi connectivity index (χ2v) is 5.13. The first-order valence-electron chi connectivity index (χ1n) is 5.08. The fourth-order valence-corrected chi connectivity index (χ4v) is 2.15. The van der Waals surface area contributed by atoms with Crippen molar-refractivity contribution in [3.63, 3.8) is 0 Å². The third-order valence-electron chi connectivity index (χ3n) is 2.30. The van der Waals surface area contributed by atoms with Gasteiger partial charge in [0, 0.05) is 10.0 Å². The summed E-state index contributed by atoms with van der Waals surface area (Å²) < 4.78 is 20.0. The van der Waals surface area contributed by atoms with Crippen molar-refractivity contribution >= 4 is 39.1 Å². The molecule has 1 nitrogen and oxygen atoms in total. The Morgan fingerprint density at radius 1 is 1.22 bits per heavy atom. The predicted octanol–water partition coefficient (Wildman–Crippen LogP) is 5.77. The fourth-order valence-electron chi connectivity index (χ4n) is 1.44. The molecule has 0 unspecified atom stereocenters. The van der Waals surface area contributed by atoms with Gasteiger partial charge in [-0.3, -0.25) is 0 Å². The van der Waals surface area contributed by atoms with E-state index in [1.165, 1.54) is 6.07 Å². The molecule has 5 heteroatoms. The van der Waals surface area contributed by atoms with E-state index in [0.717, 1.165) is 4.47 Å². The van der Waals surface area contributed by atoms with Gasteiger partial charge < -0.3 is 4.74 Å². The molecule has 0 saturated heterocycles. The molecule has 0 amide bonds. The first-order valence-corrected chi connectivity index (χ1v) is 6.78. The highest BCUT2D eigenvalue weighted by molar-refractivity contribution is 9.10. The minimum absolute atomic E-state index is 0.104. The quantitative estimate of drug-likeness (QED) is 0.639. The summed E-state index contributed by atoms with van der Waals surface area (Å²) in [4.78, 5) is 0. The molecule has 94 valence electrons. The molecule has 2 aromatic carbocycles. The molecule has 2 aromatic rings. The average molecular weight is 350 g/mol. The number of halogens is 4. The normalized spacial score (nSPS) is 10.4. The van der Waals surface area contributed by atoms with Gasteiger partial charge in [-0.25, -0.2) is 4.39 Å². The summed E-state index contributed by atoms with van der Waals surface area (Å²) in [5, 5.41) is 0.405. The molecule has 2 rings (SSSR count). The van der Waals surface area contributed by atoms with Crippen molar-refractivity contribution in [3.05, 3.63) is 57.3 Å². The van der Waals surface area contributed by atoms with E-state index in [0.29, 0.717) is 16.3 Å². The van der Waals surface area contributed by atoms with Crippen LogP contribution in [-0.2, 0) is 5.88 Å². The zero-order valence-electron chi connectivity index (χ0n) is 9.09. The Balaban J connectivity index is 2.42. The van der Waals surface area contributed by atoms with Crippen LogP contribution in [0, 0.1) is 5.82 Å². The molecule has 0 atom stereocenters. The number of rotatable bonds is 3. The Morgan fingerprint density at radius 3 is 2.72 bits per heavy atom. The molecule has 0 aliphatic carbocycles. The standard InChI is InChI=1S/C13H8BrCl2FO/c14-9-4-5-10(16)12(6-9)18-13-8(7-15)2-1-3-11(13)17/h1-6H,7H2. The highest BCUT2D eigenvalue weighted by Crippen LogP contribution is 2.35. The summed E-state index contributed by atoms with van der Waals surface area (Å²) >= 11 is 15.1. The number of hydrogen-bond donors (Lipinski definition) is 0. The molecule has 0 bridgehead atoms. The van der Waals surface area contributed by atoms with Crippen LogP contribution in [0.5, 0.6) is 11.5 Å². The van der Waals surface area contributed by atoms with Crippen molar-refractivity contribution in [2.45, 2.75) is 5.88 Å². The van der Waals surface area contributed by atoms with E-state index in [4.69, 9.17) is 27.9 Å². The topological polar surface area (TPSA) is 9.23 Å². The van der Waals surface area contributed by atoms with Crippen LogP contribution in [0.1, 0.15) is 5.56 Å². The van der Waals surface area contributed by atoms with Crippen LogP contribution in [0.3, 0.4) is 0 Å². The third kappa shape index (κ3) is 2.97. The maximum Gasteiger partial charge on any atom is 0.167 e. The number of ether oxygens (including phenoxy) is 1. The molecular formula is C13H8BrCl2FO. The van der Waals surface area contributed by atoms with Gasteiger partial charge in [-0.15, -0.1) is 11.6 Å². The zero-order chi connectivity index (χ0) is 13.1. The van der Waals surface area contributed by atoms with Crippen LogP contribution in [0.15, 0.2) is 40.9 Å². The summed E-state index contributed by atoms with van der Waals surface area (Å²) in [5.74, 6) is 0.179. The van der Waals surface area contributed by atoms with Crippen LogP contribution in [0.25, 0.3) is 0 Å². The lowest BCUT2D eigenvalue weighted by Gasteiger charge is -2.12. The Labute approximate surface area is 123 Å². The Kier molecular flexibility index (Phi) is 4.49. The molecule has 0 aromatic heterocycles. The van der Waals surface area contributed by atoms with E-state index in [9.17, 15) is 4.39 Å². The summed E-state index contributed by atoms with van der Waals surface area (Å²) in [6.07, 6.45) is 0. The molecule has 0 saturated carbocycles. The number of alkyl halides is 1. The highest BCUT2D eigenvalue weighted by atomic mass is 79.9. The summed E-state index contributed by atoms with van der Waals surface area (Å²) in [7, 11) is 0. The van der Waals surface area contributed by atoms with Crippen molar-refractivity contribution in [1.82, 2.24) is 0 Å². The third-order valence-corrected chi connectivity index (χ3v) is 3.39. The highest BCUT2D eigenvalue weighted by Gasteiger charge is 2.12. The predicted molar refractivity (Wildman–Crippen MR) is 75.2 cm³/mol. The lowest BCUT2D eigenvalue weighted by Crippen LogP contribution is -1.94. The van der Waals surface area contributed by atoms with Gasteiger partial charge in [-0.2, -0.15) is 0 Å². The molecule has 0 N–H and O–H groups in total. The maximum absolute atomic E-state index is 13.7. The van der Waals surface area contributed by atoms with Gasteiger partial charge in [0.15, 0.2) is 11.6 Å². The summed E-state index contributed by atoms with van der Waals surface area (Å²) in [5.41, 5.74) is 0.577. The molecule has 0 radical (unpaired) electrons. The van der Waals surface area contributed by atoms with Crippen LogP contribution in [0.4, 0.5) is 4.39 Å². The minimum atomic E-state index is -0.468. The lowest BCUT2D eigenvalue weighted by molar-refractivity contribution is 0.438. The summed E-state index contributed by atoms with van der Waals surface area (Å²) in [6.45, 7) is 0. The van der Waals surface area contributed by atoms with Gasteiger partial charge in [0.2, 0.25) is 0 Å². The zero-order valence-corrected chi connectivity index (χ0v) is 12.2. The number of hydrogen-bond acceptors (Lipinski definition) is 1. The molecule has 0 spiro atoms. The van der Waals surface area contributed by atoms with E-state index < -0.39 is 5.82 Å². The number of benzene rings is 2. The average Bonchev–Trinajstić information content (AvgIpc) is 2.36. The van der Waals surface area contributed by atoms with E-state index >= 15 is 0 Å². The summed E-state index contributed by atoms with van der Waals surface area (Å²) in [6, 6.07) is 9.73. The van der Waals surface area contributed by atoms with Gasteiger partial charge in [0.25, 0.3) is 0 Å². The van der Waals surface area contributed by atoms with Crippen molar-refractivity contribution in [1.29, 1.82) is 0 Å². The Hall–Kier alpha value is -0.770. The maximum atomic E-state index is 13.7. The smallest absolute Gasteiger partial charge is 0.167 e. The van der Waals surface area contributed by atoms with Crippen molar-refractivity contribution in [2.75, 3.05) is 0 Å². The molecule has 0 fully saturated rings. The largest absolute Gasteiger partial charge is 0.452 e.